The molecule has 0 spiro atoms. The van der Waals surface area contributed by atoms with Crippen LogP contribution in [0.1, 0.15) is 23.7 Å². The van der Waals surface area contributed by atoms with Gasteiger partial charge in [-0.1, -0.05) is 6.92 Å². The van der Waals surface area contributed by atoms with Gasteiger partial charge >= 0.3 is 0 Å². The Hall–Kier alpha value is 0.840. The second-order valence-electron chi connectivity index (χ2n) is 3.52. The highest BCUT2D eigenvalue weighted by atomic mass is 127. The molecule has 3 nitrogen and oxygen atoms in total. The van der Waals surface area contributed by atoms with E-state index < -0.39 is 6.10 Å². The lowest BCUT2D eigenvalue weighted by molar-refractivity contribution is 0.0913. The van der Waals surface area contributed by atoms with Crippen molar-refractivity contribution in [3.8, 4) is 0 Å². The molecule has 0 saturated heterocycles. The molecule has 1 unspecified atom stereocenters. The lowest BCUT2D eigenvalue weighted by Crippen LogP contribution is -2.32. The zero-order chi connectivity index (χ0) is 13.0. The van der Waals surface area contributed by atoms with E-state index >= 15 is 0 Å². The maximum atomic E-state index is 12.0. The highest BCUT2D eigenvalue weighted by Gasteiger charge is 2.14. The van der Waals surface area contributed by atoms with Crippen molar-refractivity contribution in [1.82, 2.24) is 5.32 Å². The molecule has 1 aromatic carbocycles. The number of aliphatic hydroxyl groups excluding tert-OH is 1. The number of hydrogen-bond donors (Lipinski definition) is 2. The number of rotatable bonds is 4. The van der Waals surface area contributed by atoms with Crippen molar-refractivity contribution in [2.45, 2.75) is 19.4 Å². The fourth-order valence-corrected chi connectivity index (χ4v) is 3.57. The van der Waals surface area contributed by atoms with E-state index in [1.54, 1.807) is 0 Å². The van der Waals surface area contributed by atoms with E-state index in [0.717, 1.165) is 10.7 Å². The average molecular weight is 571 g/mol. The van der Waals surface area contributed by atoms with Crippen LogP contribution in [0.2, 0.25) is 0 Å². The molecule has 1 rings (SSSR count). The van der Waals surface area contributed by atoms with Crippen molar-refractivity contribution in [1.29, 1.82) is 0 Å². The summed E-state index contributed by atoms with van der Waals surface area (Å²) in [7, 11) is 0. The van der Waals surface area contributed by atoms with Gasteiger partial charge in [0.05, 0.1) is 11.7 Å². The molecule has 1 atom stereocenters. The normalized spacial score (nSPS) is 12.3. The summed E-state index contributed by atoms with van der Waals surface area (Å²) in [6.45, 7) is 2.18. The van der Waals surface area contributed by atoms with E-state index in [-0.39, 0.29) is 5.91 Å². The molecule has 1 aromatic rings. The molecule has 0 aliphatic rings. The topological polar surface area (TPSA) is 49.3 Å². The Kier molecular flexibility index (Phi) is 6.95. The van der Waals surface area contributed by atoms with Gasteiger partial charge < -0.3 is 10.4 Å². The Morgan fingerprint density at radius 2 is 2.06 bits per heavy atom. The first-order valence-electron chi connectivity index (χ1n) is 5.06. The lowest BCUT2D eigenvalue weighted by Gasteiger charge is -2.11. The zero-order valence-corrected chi connectivity index (χ0v) is 15.6. The summed E-state index contributed by atoms with van der Waals surface area (Å²) in [6.07, 6.45) is 0.166. The fourth-order valence-electron chi connectivity index (χ4n) is 1.17. The van der Waals surface area contributed by atoms with Crippen LogP contribution in [0, 0.1) is 10.7 Å². The van der Waals surface area contributed by atoms with Crippen molar-refractivity contribution in [3.05, 3.63) is 28.4 Å². The van der Waals surface area contributed by atoms with Gasteiger partial charge in [0.1, 0.15) is 0 Å². The van der Waals surface area contributed by atoms with Crippen molar-refractivity contribution in [2.75, 3.05) is 6.54 Å². The molecule has 0 aromatic heterocycles. The van der Waals surface area contributed by atoms with Crippen LogP contribution in [0.3, 0.4) is 0 Å². The van der Waals surface area contributed by atoms with Gasteiger partial charge in [0.2, 0.25) is 0 Å². The fraction of sp³-hybridized carbons (Fsp3) is 0.364. The average Bonchev–Trinajstić information content (AvgIpc) is 2.30. The number of halogens is 3. The number of carbonyl (C=O) groups excluding carboxylic acids is 1. The van der Waals surface area contributed by atoms with E-state index in [4.69, 9.17) is 0 Å². The van der Waals surface area contributed by atoms with Gasteiger partial charge in [0, 0.05) is 17.3 Å². The molecule has 0 bridgehead atoms. The number of hydrogen-bond acceptors (Lipinski definition) is 2. The maximum Gasteiger partial charge on any atom is 0.252 e. The van der Waals surface area contributed by atoms with Crippen molar-refractivity contribution >= 4 is 73.7 Å². The molecule has 6 heteroatoms. The molecule has 17 heavy (non-hydrogen) atoms. The van der Waals surface area contributed by atoms with E-state index in [1.807, 2.05) is 19.1 Å². The van der Waals surface area contributed by atoms with Gasteiger partial charge in [-0.05, 0) is 86.3 Å². The van der Waals surface area contributed by atoms with Gasteiger partial charge in [0.15, 0.2) is 0 Å². The standard InChI is InChI=1S/C11H12I3NO2/c1-2-7(16)5-15-11(17)8-3-6(12)4-9(13)10(8)14/h3-4,7,16H,2,5H2,1H3,(H,15,17). The predicted molar refractivity (Wildman–Crippen MR) is 93.2 cm³/mol. The molecule has 94 valence electrons. The quantitative estimate of drug-likeness (QED) is 0.432. The largest absolute Gasteiger partial charge is 0.391 e. The van der Waals surface area contributed by atoms with E-state index in [9.17, 15) is 9.90 Å². The Balaban J connectivity index is 2.82. The Labute approximate surface area is 142 Å². The number of aliphatic hydroxyl groups is 1. The minimum atomic E-state index is -0.474. The first kappa shape index (κ1) is 15.9. The second-order valence-corrected chi connectivity index (χ2v) is 7.01. The molecular weight excluding hydrogens is 559 g/mol. The molecule has 0 saturated carbocycles. The van der Waals surface area contributed by atoms with Crippen LogP contribution in [0.15, 0.2) is 12.1 Å². The van der Waals surface area contributed by atoms with Crippen LogP contribution in [0.25, 0.3) is 0 Å². The summed E-state index contributed by atoms with van der Waals surface area (Å²) in [6, 6.07) is 3.89. The summed E-state index contributed by atoms with van der Waals surface area (Å²) in [4.78, 5) is 12.0. The highest BCUT2D eigenvalue weighted by molar-refractivity contribution is 14.1. The summed E-state index contributed by atoms with van der Waals surface area (Å²) in [5, 5.41) is 12.2. The minimum Gasteiger partial charge on any atom is -0.391 e. The molecule has 0 aliphatic heterocycles. The van der Waals surface area contributed by atoms with Gasteiger partial charge in [-0.15, -0.1) is 0 Å². The SMILES string of the molecule is CCC(O)CNC(=O)c1cc(I)cc(I)c1I. The predicted octanol–water partition coefficient (Wildman–Crippen LogP) is 3.00. The smallest absolute Gasteiger partial charge is 0.252 e. The van der Waals surface area contributed by atoms with Crippen LogP contribution < -0.4 is 5.32 Å². The third kappa shape index (κ3) is 4.78. The van der Waals surface area contributed by atoms with Gasteiger partial charge in [-0.3, -0.25) is 4.79 Å². The lowest BCUT2D eigenvalue weighted by atomic mass is 10.2. The third-order valence-corrected chi connectivity index (χ3v) is 5.87. The Bertz CT molecular complexity index is 423. The first-order chi connectivity index (χ1) is 7.95. The van der Waals surface area contributed by atoms with Crippen LogP contribution in [-0.4, -0.2) is 23.7 Å². The van der Waals surface area contributed by atoms with E-state index in [0.29, 0.717) is 18.5 Å². The number of benzene rings is 1. The van der Waals surface area contributed by atoms with Gasteiger partial charge in [0.25, 0.3) is 5.91 Å². The summed E-state index contributed by atoms with van der Waals surface area (Å²) < 4.78 is 3.05. The summed E-state index contributed by atoms with van der Waals surface area (Å²) >= 11 is 6.58. The number of amides is 1. The van der Waals surface area contributed by atoms with E-state index in [1.165, 1.54) is 0 Å². The van der Waals surface area contributed by atoms with Crippen molar-refractivity contribution < 1.29 is 9.90 Å². The van der Waals surface area contributed by atoms with Crippen LogP contribution in [-0.2, 0) is 0 Å². The first-order valence-corrected chi connectivity index (χ1v) is 8.30. The minimum absolute atomic E-state index is 0.127. The summed E-state index contributed by atoms with van der Waals surface area (Å²) in [5.74, 6) is -0.127. The van der Waals surface area contributed by atoms with Gasteiger partial charge in [-0.25, -0.2) is 0 Å². The molecule has 1 amide bonds. The van der Waals surface area contributed by atoms with Crippen LogP contribution in [0.5, 0.6) is 0 Å². The number of carbonyl (C=O) groups is 1. The third-order valence-electron chi connectivity index (χ3n) is 2.21. The second kappa shape index (κ2) is 7.43. The molecule has 0 aliphatic carbocycles. The molecule has 0 heterocycles. The molecule has 0 radical (unpaired) electrons. The van der Waals surface area contributed by atoms with Gasteiger partial charge in [-0.2, -0.15) is 0 Å². The Morgan fingerprint density at radius 3 is 2.65 bits per heavy atom. The molecule has 0 fully saturated rings. The monoisotopic (exact) mass is 571 g/mol. The van der Waals surface area contributed by atoms with Crippen LogP contribution >= 0.6 is 67.8 Å². The molecular formula is C11H12I3NO2. The maximum absolute atomic E-state index is 12.0. The zero-order valence-electron chi connectivity index (χ0n) is 9.14. The van der Waals surface area contributed by atoms with E-state index in [2.05, 4.69) is 73.1 Å². The molecule has 2 N–H and O–H groups in total. The Morgan fingerprint density at radius 1 is 1.41 bits per heavy atom. The van der Waals surface area contributed by atoms with Crippen molar-refractivity contribution in [2.24, 2.45) is 0 Å². The van der Waals surface area contributed by atoms with Crippen LogP contribution in [0.4, 0.5) is 0 Å². The van der Waals surface area contributed by atoms with Crippen molar-refractivity contribution in [3.63, 3.8) is 0 Å². The summed E-state index contributed by atoms with van der Waals surface area (Å²) in [5.41, 5.74) is 0.671. The number of nitrogens with one attached hydrogen (secondary N) is 1. The highest BCUT2D eigenvalue weighted by Crippen LogP contribution is 2.22.